The molecule has 0 bridgehead atoms. The van der Waals surface area contributed by atoms with E-state index in [1.807, 2.05) is 72.8 Å². The molecule has 3 N–H and O–H groups in total. The number of halogens is 1. The van der Waals surface area contributed by atoms with Crippen molar-refractivity contribution in [3.63, 3.8) is 0 Å². The zero-order valence-electron chi connectivity index (χ0n) is 15.1. The Bertz CT molecular complexity index is 1020. The van der Waals surface area contributed by atoms with Crippen molar-refractivity contribution in [2.75, 3.05) is 0 Å². The van der Waals surface area contributed by atoms with E-state index in [-0.39, 0.29) is 5.91 Å². The summed E-state index contributed by atoms with van der Waals surface area (Å²) >= 11 is 2.22. The van der Waals surface area contributed by atoms with Crippen LogP contribution in [-0.4, -0.2) is 17.9 Å². The summed E-state index contributed by atoms with van der Waals surface area (Å²) in [6, 6.07) is 22.8. The van der Waals surface area contributed by atoms with Gasteiger partial charge in [0.05, 0.1) is 5.92 Å². The summed E-state index contributed by atoms with van der Waals surface area (Å²) in [6.07, 6.45) is 0.371. The smallest absolute Gasteiger partial charge is 0.240 e. The van der Waals surface area contributed by atoms with Gasteiger partial charge in [0.1, 0.15) is 6.04 Å². The third-order valence-electron chi connectivity index (χ3n) is 5.14. The van der Waals surface area contributed by atoms with E-state index in [1.54, 1.807) is 0 Å². The third kappa shape index (κ3) is 3.42. The highest BCUT2D eigenvalue weighted by Crippen LogP contribution is 2.44. The molecular weight excluding hydrogens is 463 g/mol. The number of primary amides is 1. The van der Waals surface area contributed by atoms with E-state index in [0.717, 1.165) is 31.4 Å². The highest BCUT2D eigenvalue weighted by Gasteiger charge is 2.35. The summed E-state index contributed by atoms with van der Waals surface area (Å²) in [5, 5.41) is 2.90. The maximum absolute atomic E-state index is 13.2. The van der Waals surface area contributed by atoms with Crippen LogP contribution in [0.5, 0.6) is 0 Å². The maximum Gasteiger partial charge on any atom is 0.240 e. The molecule has 0 aromatic heterocycles. The molecule has 3 aromatic rings. The first-order chi connectivity index (χ1) is 13.6. The van der Waals surface area contributed by atoms with Gasteiger partial charge in [-0.3, -0.25) is 9.59 Å². The van der Waals surface area contributed by atoms with Gasteiger partial charge in [-0.15, -0.1) is 0 Å². The van der Waals surface area contributed by atoms with E-state index < -0.39 is 17.9 Å². The molecule has 0 fully saturated rings. The standard InChI is InChI=1S/C23H19IN2O2/c24-19-12-6-1-7-14(19)13-20(22(25)27)26-23(28)21-17-10-4-2-8-15(17)16-9-3-5-11-18(16)21/h1-12,20-21H,13H2,(H2,25,27)(H,26,28)/t20-/m0/s1. The van der Waals surface area contributed by atoms with Gasteiger partial charge < -0.3 is 11.1 Å². The zero-order valence-corrected chi connectivity index (χ0v) is 17.2. The molecule has 4 nitrogen and oxygen atoms in total. The van der Waals surface area contributed by atoms with Gasteiger partial charge in [-0.25, -0.2) is 0 Å². The Labute approximate surface area is 177 Å². The summed E-state index contributed by atoms with van der Waals surface area (Å²) < 4.78 is 1.04. The highest BCUT2D eigenvalue weighted by molar-refractivity contribution is 14.1. The van der Waals surface area contributed by atoms with Crippen LogP contribution >= 0.6 is 22.6 Å². The molecular formula is C23H19IN2O2. The second kappa shape index (κ2) is 7.75. The Morgan fingerprint density at radius 3 is 2.00 bits per heavy atom. The molecule has 28 heavy (non-hydrogen) atoms. The normalized spacial score (nSPS) is 13.5. The van der Waals surface area contributed by atoms with Crippen molar-refractivity contribution in [2.24, 2.45) is 5.73 Å². The number of amides is 2. The van der Waals surface area contributed by atoms with Gasteiger partial charge in [-0.1, -0.05) is 66.7 Å². The van der Waals surface area contributed by atoms with Gasteiger partial charge >= 0.3 is 0 Å². The predicted molar refractivity (Wildman–Crippen MR) is 118 cm³/mol. The van der Waals surface area contributed by atoms with Crippen molar-refractivity contribution < 1.29 is 9.59 Å². The van der Waals surface area contributed by atoms with E-state index in [1.165, 1.54) is 0 Å². The molecule has 140 valence electrons. The molecule has 5 heteroatoms. The SMILES string of the molecule is NC(=O)[C@H](Cc1ccccc1I)NC(=O)C1c2ccccc2-c2ccccc21. The van der Waals surface area contributed by atoms with Crippen LogP contribution in [0.4, 0.5) is 0 Å². The summed E-state index contributed by atoms with van der Waals surface area (Å²) in [4.78, 5) is 25.3. The number of carbonyl (C=O) groups excluding carboxylic acids is 2. The Hall–Kier alpha value is -2.67. The predicted octanol–water partition coefficient (Wildman–Crippen LogP) is 3.62. The molecule has 0 unspecified atom stereocenters. The molecule has 1 aliphatic rings. The first-order valence-corrected chi connectivity index (χ1v) is 10.2. The van der Waals surface area contributed by atoms with Crippen molar-refractivity contribution in [1.82, 2.24) is 5.32 Å². The molecule has 0 aliphatic heterocycles. The average molecular weight is 482 g/mol. The van der Waals surface area contributed by atoms with E-state index >= 15 is 0 Å². The minimum atomic E-state index is -0.761. The molecule has 3 aromatic carbocycles. The monoisotopic (exact) mass is 482 g/mol. The fourth-order valence-corrected chi connectivity index (χ4v) is 4.41. The van der Waals surface area contributed by atoms with Gasteiger partial charge in [-0.05, 0) is 56.5 Å². The van der Waals surface area contributed by atoms with Crippen molar-refractivity contribution in [1.29, 1.82) is 0 Å². The van der Waals surface area contributed by atoms with Crippen molar-refractivity contribution >= 4 is 34.4 Å². The fourth-order valence-electron chi connectivity index (χ4n) is 3.80. The van der Waals surface area contributed by atoms with E-state index in [4.69, 9.17) is 5.73 Å². The van der Waals surface area contributed by atoms with Gasteiger partial charge in [0.2, 0.25) is 11.8 Å². The maximum atomic E-state index is 13.2. The minimum absolute atomic E-state index is 0.202. The van der Waals surface area contributed by atoms with Crippen molar-refractivity contribution in [2.45, 2.75) is 18.4 Å². The lowest BCUT2D eigenvalue weighted by Crippen LogP contribution is -2.47. The van der Waals surface area contributed by atoms with Crippen LogP contribution in [-0.2, 0) is 16.0 Å². The Morgan fingerprint density at radius 2 is 1.43 bits per heavy atom. The quantitative estimate of drug-likeness (QED) is 0.546. The number of nitrogens with two attached hydrogens (primary N) is 1. The number of nitrogens with one attached hydrogen (secondary N) is 1. The molecule has 4 rings (SSSR count). The van der Waals surface area contributed by atoms with Crippen LogP contribution in [0.25, 0.3) is 11.1 Å². The summed E-state index contributed by atoms with van der Waals surface area (Å²) in [5.41, 5.74) is 10.6. The Morgan fingerprint density at radius 1 is 0.893 bits per heavy atom. The Balaban J connectivity index is 1.63. The largest absolute Gasteiger partial charge is 0.368 e. The third-order valence-corrected chi connectivity index (χ3v) is 6.19. The van der Waals surface area contributed by atoms with Crippen LogP contribution in [0.15, 0.2) is 72.8 Å². The zero-order chi connectivity index (χ0) is 19.7. The summed E-state index contributed by atoms with van der Waals surface area (Å²) in [7, 11) is 0. The highest BCUT2D eigenvalue weighted by atomic mass is 127. The van der Waals surface area contributed by atoms with Gasteiger partial charge in [0.25, 0.3) is 0 Å². The first kappa shape index (κ1) is 18.7. The van der Waals surface area contributed by atoms with Crippen molar-refractivity contribution in [3.05, 3.63) is 93.1 Å². The first-order valence-electron chi connectivity index (χ1n) is 9.07. The van der Waals surface area contributed by atoms with Crippen LogP contribution in [0.3, 0.4) is 0 Å². The molecule has 1 aliphatic carbocycles. The number of hydrogen-bond donors (Lipinski definition) is 2. The summed E-state index contributed by atoms with van der Waals surface area (Å²) in [6.45, 7) is 0. The second-order valence-electron chi connectivity index (χ2n) is 6.87. The summed E-state index contributed by atoms with van der Waals surface area (Å²) in [5.74, 6) is -1.18. The molecule has 0 radical (unpaired) electrons. The van der Waals surface area contributed by atoms with Gasteiger partial charge in [0.15, 0.2) is 0 Å². The molecule has 1 atom stereocenters. The fraction of sp³-hybridized carbons (Fsp3) is 0.130. The number of rotatable bonds is 5. The van der Waals surface area contributed by atoms with Crippen molar-refractivity contribution in [3.8, 4) is 11.1 Å². The van der Waals surface area contributed by atoms with Gasteiger partial charge in [-0.2, -0.15) is 0 Å². The molecule has 0 saturated carbocycles. The van der Waals surface area contributed by atoms with Gasteiger partial charge in [0, 0.05) is 9.99 Å². The second-order valence-corrected chi connectivity index (χ2v) is 8.03. The number of carbonyl (C=O) groups is 2. The van der Waals surface area contributed by atoms with Crippen LogP contribution in [0.1, 0.15) is 22.6 Å². The lowest BCUT2D eigenvalue weighted by Gasteiger charge is -2.20. The topological polar surface area (TPSA) is 72.2 Å². The number of hydrogen-bond acceptors (Lipinski definition) is 2. The molecule has 0 heterocycles. The lowest BCUT2D eigenvalue weighted by molar-refractivity contribution is -0.127. The minimum Gasteiger partial charge on any atom is -0.368 e. The molecule has 0 spiro atoms. The van der Waals surface area contributed by atoms with Crippen LogP contribution in [0, 0.1) is 3.57 Å². The lowest BCUT2D eigenvalue weighted by atomic mass is 9.95. The van der Waals surface area contributed by atoms with E-state index in [0.29, 0.717) is 6.42 Å². The average Bonchev–Trinajstić information content (AvgIpc) is 3.03. The van der Waals surface area contributed by atoms with E-state index in [9.17, 15) is 9.59 Å². The molecule has 0 saturated heterocycles. The van der Waals surface area contributed by atoms with Crippen LogP contribution < -0.4 is 11.1 Å². The number of benzene rings is 3. The van der Waals surface area contributed by atoms with E-state index in [2.05, 4.69) is 27.9 Å². The van der Waals surface area contributed by atoms with Crippen LogP contribution in [0.2, 0.25) is 0 Å². The Kier molecular flexibility index (Phi) is 5.17. The number of fused-ring (bicyclic) bond motifs is 3. The molecule has 2 amide bonds.